The number of fused-ring (bicyclic) bond motifs is 1. The number of aryl methyl sites for hydroxylation is 1. The van der Waals surface area contributed by atoms with Gasteiger partial charge in [-0.15, -0.1) is 0 Å². The molecule has 5 nitrogen and oxygen atoms in total. The van der Waals surface area contributed by atoms with Crippen LogP contribution in [0.25, 0.3) is 16.9 Å². The Morgan fingerprint density at radius 2 is 2.00 bits per heavy atom. The molecule has 1 aromatic carbocycles. The van der Waals surface area contributed by atoms with Crippen LogP contribution >= 0.6 is 11.8 Å². The predicted octanol–water partition coefficient (Wildman–Crippen LogP) is 5.53. The van der Waals surface area contributed by atoms with E-state index in [1.54, 1.807) is 13.1 Å². The van der Waals surface area contributed by atoms with E-state index in [2.05, 4.69) is 37.7 Å². The molecule has 0 amide bonds. The van der Waals surface area contributed by atoms with Gasteiger partial charge in [0, 0.05) is 41.3 Å². The summed E-state index contributed by atoms with van der Waals surface area (Å²) < 4.78 is 29.5. The second-order valence-corrected chi connectivity index (χ2v) is 7.65. The van der Waals surface area contributed by atoms with Crippen molar-refractivity contribution in [2.45, 2.75) is 31.5 Å². The van der Waals surface area contributed by atoms with Gasteiger partial charge in [0.2, 0.25) is 0 Å². The minimum Gasteiger partial charge on any atom is -0.363 e. The number of nitrogens with one attached hydrogen (secondary N) is 1. The third-order valence-corrected chi connectivity index (χ3v) is 5.48. The van der Waals surface area contributed by atoms with Crippen molar-refractivity contribution in [2.75, 3.05) is 11.6 Å². The Bertz CT molecular complexity index is 1210. The van der Waals surface area contributed by atoms with E-state index >= 15 is 0 Å². The van der Waals surface area contributed by atoms with Crippen molar-refractivity contribution in [2.24, 2.45) is 0 Å². The summed E-state index contributed by atoms with van der Waals surface area (Å²) in [4.78, 5) is 13.7. The van der Waals surface area contributed by atoms with Crippen LogP contribution in [-0.2, 0) is 6.42 Å². The van der Waals surface area contributed by atoms with Gasteiger partial charge in [0.1, 0.15) is 23.1 Å². The summed E-state index contributed by atoms with van der Waals surface area (Å²) in [7, 11) is 0. The maximum atomic E-state index is 14.2. The Morgan fingerprint density at radius 1 is 1.17 bits per heavy atom. The molecule has 0 bridgehead atoms. The Morgan fingerprint density at radius 3 is 2.73 bits per heavy atom. The lowest BCUT2D eigenvalue weighted by atomic mass is 10.1. The molecule has 154 valence electrons. The molecular weight excluding hydrogens is 404 g/mol. The summed E-state index contributed by atoms with van der Waals surface area (Å²) in [5.74, 6) is -0.629. The van der Waals surface area contributed by atoms with Crippen LogP contribution in [-0.4, -0.2) is 25.6 Å². The second-order valence-electron chi connectivity index (χ2n) is 6.87. The molecule has 0 fully saturated rings. The number of aromatic nitrogens is 4. The molecule has 0 spiro atoms. The first-order chi connectivity index (χ1) is 14.5. The van der Waals surface area contributed by atoms with Gasteiger partial charge in [-0.25, -0.2) is 23.7 Å². The molecule has 0 radical (unpaired) electrons. The molecule has 3 aromatic heterocycles. The minimum atomic E-state index is -0.600. The molecule has 1 N–H and O–H groups in total. The molecule has 0 saturated carbocycles. The zero-order valence-electron chi connectivity index (χ0n) is 16.9. The smallest absolute Gasteiger partial charge is 0.189 e. The van der Waals surface area contributed by atoms with Crippen molar-refractivity contribution in [3.63, 3.8) is 0 Å². The molecule has 1 atom stereocenters. The van der Waals surface area contributed by atoms with E-state index in [1.807, 2.05) is 24.6 Å². The van der Waals surface area contributed by atoms with Crippen molar-refractivity contribution in [1.82, 2.24) is 19.4 Å². The topological polar surface area (TPSA) is 55.1 Å². The molecule has 3 heterocycles. The number of thioether (sulfide) groups is 1. The van der Waals surface area contributed by atoms with E-state index in [1.165, 1.54) is 23.9 Å². The Kier molecular flexibility index (Phi) is 5.67. The van der Waals surface area contributed by atoms with Gasteiger partial charge in [0.15, 0.2) is 5.16 Å². The van der Waals surface area contributed by atoms with E-state index in [0.717, 1.165) is 35.1 Å². The van der Waals surface area contributed by atoms with Crippen LogP contribution in [0.3, 0.4) is 0 Å². The fourth-order valence-corrected chi connectivity index (χ4v) is 3.82. The van der Waals surface area contributed by atoms with Crippen molar-refractivity contribution in [3.8, 4) is 11.3 Å². The highest BCUT2D eigenvalue weighted by Gasteiger charge is 2.17. The predicted molar refractivity (Wildman–Crippen MR) is 116 cm³/mol. The number of nitrogens with zero attached hydrogens (tertiary/aromatic N) is 4. The van der Waals surface area contributed by atoms with E-state index in [0.29, 0.717) is 16.5 Å². The van der Waals surface area contributed by atoms with Crippen LogP contribution in [0.2, 0.25) is 0 Å². The van der Waals surface area contributed by atoms with Crippen LogP contribution in [0.15, 0.2) is 53.9 Å². The van der Waals surface area contributed by atoms with E-state index < -0.39 is 17.7 Å². The van der Waals surface area contributed by atoms with E-state index in [-0.39, 0.29) is 0 Å². The molecule has 0 aliphatic carbocycles. The Labute approximate surface area is 177 Å². The van der Waals surface area contributed by atoms with Crippen LogP contribution < -0.4 is 5.32 Å². The minimum absolute atomic E-state index is 0.367. The summed E-state index contributed by atoms with van der Waals surface area (Å²) in [5, 5.41) is 3.81. The molecule has 0 aliphatic heterocycles. The van der Waals surface area contributed by atoms with Gasteiger partial charge in [-0.05, 0) is 37.8 Å². The number of hydrogen-bond acceptors (Lipinski definition) is 5. The summed E-state index contributed by atoms with van der Waals surface area (Å²) in [5.41, 5.74) is 3.97. The van der Waals surface area contributed by atoms with Gasteiger partial charge in [0.25, 0.3) is 0 Å². The summed E-state index contributed by atoms with van der Waals surface area (Å²) >= 11 is 1.42. The van der Waals surface area contributed by atoms with Crippen molar-refractivity contribution in [1.29, 1.82) is 0 Å². The highest BCUT2D eigenvalue weighted by atomic mass is 32.2. The molecule has 0 unspecified atom stereocenters. The second kappa shape index (κ2) is 8.39. The van der Waals surface area contributed by atoms with Gasteiger partial charge in [-0.1, -0.05) is 24.8 Å². The van der Waals surface area contributed by atoms with E-state index in [4.69, 9.17) is 0 Å². The zero-order chi connectivity index (χ0) is 21.3. The third kappa shape index (κ3) is 3.87. The molecule has 4 aromatic rings. The average molecular weight is 426 g/mol. The monoisotopic (exact) mass is 425 g/mol. The van der Waals surface area contributed by atoms with Crippen molar-refractivity contribution in [3.05, 3.63) is 71.7 Å². The third-order valence-electron chi connectivity index (χ3n) is 4.93. The zero-order valence-corrected chi connectivity index (χ0v) is 17.7. The highest BCUT2D eigenvalue weighted by Crippen LogP contribution is 2.30. The normalized spacial score (nSPS) is 12.3. The number of hydrogen-bond donors (Lipinski definition) is 1. The number of halogens is 2. The molecule has 30 heavy (non-hydrogen) atoms. The maximum absolute atomic E-state index is 14.2. The summed E-state index contributed by atoms with van der Waals surface area (Å²) in [6.45, 7) is 3.90. The standard InChI is InChI=1S/C22H21F2N5S/c1-4-15-11-17(21-25-8-5-9-29(15)21)19-12-20(28-22(27-19)30-3)26-13(2)16-7-6-14(23)10-18(16)24/h5-13H,4H2,1-3H3,(H,26,27,28)/t13-/m0/s1. The van der Waals surface area contributed by atoms with Crippen LogP contribution in [0, 0.1) is 11.6 Å². The number of benzene rings is 1. The lowest BCUT2D eigenvalue weighted by Gasteiger charge is -2.16. The SMILES string of the molecule is CCc1cc(-c2cc(N[C@@H](C)c3ccc(F)cc3F)nc(SC)n2)c2ncccn12. The van der Waals surface area contributed by atoms with Gasteiger partial charge in [0.05, 0.1) is 11.7 Å². The highest BCUT2D eigenvalue weighted by molar-refractivity contribution is 7.98. The number of anilines is 1. The molecule has 0 aliphatic rings. The first-order valence-electron chi connectivity index (χ1n) is 9.60. The Balaban J connectivity index is 1.75. The summed E-state index contributed by atoms with van der Waals surface area (Å²) in [6, 6.07) is 8.99. The number of rotatable bonds is 6. The van der Waals surface area contributed by atoms with Gasteiger partial charge >= 0.3 is 0 Å². The molecule has 0 saturated heterocycles. The van der Waals surface area contributed by atoms with Crippen LogP contribution in [0.4, 0.5) is 14.6 Å². The van der Waals surface area contributed by atoms with Gasteiger partial charge in [-0.2, -0.15) is 0 Å². The molecular formula is C22H21F2N5S. The molecule has 4 rings (SSSR count). The molecule has 8 heteroatoms. The van der Waals surface area contributed by atoms with Crippen LogP contribution in [0.1, 0.15) is 31.1 Å². The lowest BCUT2D eigenvalue weighted by molar-refractivity contribution is 0.566. The fraction of sp³-hybridized carbons (Fsp3) is 0.227. The summed E-state index contributed by atoms with van der Waals surface area (Å²) in [6.07, 6.45) is 6.51. The van der Waals surface area contributed by atoms with E-state index in [9.17, 15) is 8.78 Å². The fourth-order valence-electron chi connectivity index (χ4n) is 3.44. The first-order valence-corrected chi connectivity index (χ1v) is 10.8. The van der Waals surface area contributed by atoms with Crippen molar-refractivity contribution < 1.29 is 8.78 Å². The van der Waals surface area contributed by atoms with Crippen molar-refractivity contribution >= 4 is 23.2 Å². The first kappa shape index (κ1) is 20.3. The lowest BCUT2D eigenvalue weighted by Crippen LogP contribution is -2.11. The largest absolute Gasteiger partial charge is 0.363 e. The maximum Gasteiger partial charge on any atom is 0.189 e. The quantitative estimate of drug-likeness (QED) is 0.325. The van der Waals surface area contributed by atoms with Gasteiger partial charge < -0.3 is 9.72 Å². The van der Waals surface area contributed by atoms with Crippen LogP contribution in [0.5, 0.6) is 0 Å². The average Bonchev–Trinajstić information content (AvgIpc) is 3.12. The van der Waals surface area contributed by atoms with Gasteiger partial charge in [-0.3, -0.25) is 0 Å². The Hall–Kier alpha value is -3.00.